The van der Waals surface area contributed by atoms with Crippen molar-refractivity contribution in [3.63, 3.8) is 0 Å². The van der Waals surface area contributed by atoms with Gasteiger partial charge in [-0.25, -0.2) is 4.98 Å². The molecule has 2 aliphatic heterocycles. The number of fused-ring (bicyclic) bond motifs is 2. The van der Waals surface area contributed by atoms with Gasteiger partial charge in [0.15, 0.2) is 16.7 Å². The number of ether oxygens (including phenoxy) is 2. The van der Waals surface area contributed by atoms with Gasteiger partial charge in [0.1, 0.15) is 0 Å². The summed E-state index contributed by atoms with van der Waals surface area (Å²) in [6, 6.07) is 5.60. The third kappa shape index (κ3) is 3.09. The van der Waals surface area contributed by atoms with Crippen molar-refractivity contribution in [1.82, 2.24) is 14.9 Å². The number of aromatic nitrogens is 2. The first kappa shape index (κ1) is 16.0. The molecule has 0 bridgehead atoms. The standard InChI is InChI=1S/C17H17N3O4S/c1-10-5-19-17-20(16(10)22)7-12(8-25-17)15(21)18-6-11-2-3-13-14(4-11)24-9-23-13/h2-5,12H,6-9H2,1H3,(H,18,21). The first-order chi connectivity index (χ1) is 12.1. The van der Waals surface area contributed by atoms with Crippen LogP contribution in [0.3, 0.4) is 0 Å². The lowest BCUT2D eigenvalue weighted by Crippen LogP contribution is -2.40. The molecule has 1 N–H and O–H groups in total. The second-order valence-corrected chi connectivity index (χ2v) is 7.04. The van der Waals surface area contributed by atoms with Crippen molar-refractivity contribution in [1.29, 1.82) is 0 Å². The summed E-state index contributed by atoms with van der Waals surface area (Å²) in [7, 11) is 0. The molecule has 7 nitrogen and oxygen atoms in total. The fourth-order valence-electron chi connectivity index (χ4n) is 2.84. The Morgan fingerprint density at radius 1 is 1.40 bits per heavy atom. The first-order valence-corrected chi connectivity index (χ1v) is 8.96. The van der Waals surface area contributed by atoms with Crippen LogP contribution in [0.2, 0.25) is 0 Å². The highest BCUT2D eigenvalue weighted by Gasteiger charge is 2.27. The maximum Gasteiger partial charge on any atom is 0.257 e. The van der Waals surface area contributed by atoms with Gasteiger partial charge in [-0.2, -0.15) is 0 Å². The van der Waals surface area contributed by atoms with E-state index in [9.17, 15) is 9.59 Å². The zero-order valence-corrected chi connectivity index (χ0v) is 14.5. The molecule has 2 aromatic rings. The van der Waals surface area contributed by atoms with E-state index in [1.165, 1.54) is 11.8 Å². The van der Waals surface area contributed by atoms with E-state index in [1.54, 1.807) is 17.7 Å². The van der Waals surface area contributed by atoms with E-state index in [0.29, 0.717) is 35.3 Å². The van der Waals surface area contributed by atoms with Gasteiger partial charge in [-0.15, -0.1) is 0 Å². The van der Waals surface area contributed by atoms with Crippen LogP contribution in [0.4, 0.5) is 0 Å². The molecule has 4 rings (SSSR count). The molecule has 0 aliphatic carbocycles. The lowest BCUT2D eigenvalue weighted by atomic mass is 10.1. The zero-order valence-electron chi connectivity index (χ0n) is 13.7. The third-order valence-corrected chi connectivity index (χ3v) is 5.43. The lowest BCUT2D eigenvalue weighted by Gasteiger charge is -2.24. The van der Waals surface area contributed by atoms with Crippen molar-refractivity contribution >= 4 is 17.7 Å². The van der Waals surface area contributed by atoms with Crippen molar-refractivity contribution in [2.75, 3.05) is 12.5 Å². The molecule has 130 valence electrons. The molecule has 3 heterocycles. The van der Waals surface area contributed by atoms with E-state index in [-0.39, 0.29) is 24.2 Å². The monoisotopic (exact) mass is 359 g/mol. The van der Waals surface area contributed by atoms with Crippen LogP contribution >= 0.6 is 11.8 Å². The molecule has 1 amide bonds. The molecule has 0 saturated heterocycles. The SMILES string of the molecule is Cc1cnc2n(c1=O)CC(C(=O)NCc1ccc3c(c1)OCO3)CS2. The van der Waals surface area contributed by atoms with E-state index in [4.69, 9.17) is 9.47 Å². The highest BCUT2D eigenvalue weighted by molar-refractivity contribution is 7.99. The fourth-order valence-corrected chi connectivity index (χ4v) is 3.89. The number of rotatable bonds is 3. The Labute approximate surface area is 148 Å². The topological polar surface area (TPSA) is 82.5 Å². The van der Waals surface area contributed by atoms with Crippen LogP contribution in [0.5, 0.6) is 11.5 Å². The molecule has 25 heavy (non-hydrogen) atoms. The maximum absolute atomic E-state index is 12.5. The molecule has 2 aliphatic rings. The van der Waals surface area contributed by atoms with E-state index in [2.05, 4.69) is 10.3 Å². The minimum Gasteiger partial charge on any atom is -0.454 e. The van der Waals surface area contributed by atoms with Gasteiger partial charge in [0, 0.05) is 30.6 Å². The van der Waals surface area contributed by atoms with Crippen molar-refractivity contribution < 1.29 is 14.3 Å². The lowest BCUT2D eigenvalue weighted by molar-refractivity contribution is -0.125. The number of aryl methyl sites for hydroxylation is 1. The quantitative estimate of drug-likeness (QED) is 0.833. The number of thioether (sulfide) groups is 1. The molecule has 0 saturated carbocycles. The maximum atomic E-state index is 12.5. The Morgan fingerprint density at radius 3 is 3.12 bits per heavy atom. The van der Waals surface area contributed by atoms with Crippen molar-refractivity contribution in [3.05, 3.63) is 45.9 Å². The van der Waals surface area contributed by atoms with Gasteiger partial charge in [-0.1, -0.05) is 17.8 Å². The van der Waals surface area contributed by atoms with Crippen LogP contribution in [-0.4, -0.2) is 28.0 Å². The summed E-state index contributed by atoms with van der Waals surface area (Å²) in [5, 5.41) is 3.62. The average molecular weight is 359 g/mol. The van der Waals surface area contributed by atoms with E-state index >= 15 is 0 Å². The highest BCUT2D eigenvalue weighted by atomic mass is 32.2. The van der Waals surface area contributed by atoms with Crippen LogP contribution in [-0.2, 0) is 17.9 Å². The summed E-state index contributed by atoms with van der Waals surface area (Å²) < 4.78 is 12.2. The number of benzene rings is 1. The largest absolute Gasteiger partial charge is 0.454 e. The predicted octanol–water partition coefficient (Wildman–Crippen LogP) is 1.32. The second-order valence-electron chi connectivity index (χ2n) is 6.05. The fraction of sp³-hybridized carbons (Fsp3) is 0.353. The van der Waals surface area contributed by atoms with E-state index in [1.807, 2.05) is 18.2 Å². The van der Waals surface area contributed by atoms with Crippen molar-refractivity contribution in [3.8, 4) is 11.5 Å². The Hall–Kier alpha value is -2.48. The Morgan fingerprint density at radius 2 is 2.24 bits per heavy atom. The highest BCUT2D eigenvalue weighted by Crippen LogP contribution is 2.32. The van der Waals surface area contributed by atoms with Gasteiger partial charge in [-0.3, -0.25) is 14.2 Å². The summed E-state index contributed by atoms with van der Waals surface area (Å²) in [5.74, 6) is 1.71. The number of carbonyl (C=O) groups is 1. The van der Waals surface area contributed by atoms with Gasteiger partial charge in [-0.05, 0) is 24.6 Å². The molecule has 0 spiro atoms. The molecule has 8 heteroatoms. The summed E-state index contributed by atoms with van der Waals surface area (Å²) in [5.41, 5.74) is 1.45. The number of carbonyl (C=O) groups excluding carboxylic acids is 1. The molecule has 1 aromatic heterocycles. The third-order valence-electron chi connectivity index (χ3n) is 4.27. The van der Waals surface area contributed by atoms with Crippen LogP contribution in [0, 0.1) is 12.8 Å². The van der Waals surface area contributed by atoms with Gasteiger partial charge in [0.25, 0.3) is 5.56 Å². The predicted molar refractivity (Wildman–Crippen MR) is 91.9 cm³/mol. The molecule has 1 aromatic carbocycles. The van der Waals surface area contributed by atoms with Gasteiger partial charge < -0.3 is 14.8 Å². The van der Waals surface area contributed by atoms with Crippen molar-refractivity contribution in [2.45, 2.75) is 25.2 Å². The van der Waals surface area contributed by atoms with Crippen LogP contribution in [0.25, 0.3) is 0 Å². The normalized spacial score (nSPS) is 17.9. The minimum absolute atomic E-state index is 0.0655. The summed E-state index contributed by atoms with van der Waals surface area (Å²) in [6.07, 6.45) is 1.58. The Kier molecular flexibility index (Phi) is 4.12. The van der Waals surface area contributed by atoms with Gasteiger partial charge in [0.05, 0.1) is 5.92 Å². The summed E-state index contributed by atoms with van der Waals surface area (Å²) in [6.45, 7) is 2.73. The van der Waals surface area contributed by atoms with Crippen LogP contribution < -0.4 is 20.3 Å². The smallest absolute Gasteiger partial charge is 0.257 e. The molecular weight excluding hydrogens is 342 g/mol. The molecule has 1 unspecified atom stereocenters. The van der Waals surface area contributed by atoms with Crippen LogP contribution in [0.15, 0.2) is 34.3 Å². The molecule has 1 atom stereocenters. The Bertz CT molecular complexity index is 896. The second kappa shape index (κ2) is 6.44. The average Bonchev–Trinajstić information content (AvgIpc) is 3.10. The van der Waals surface area contributed by atoms with E-state index < -0.39 is 0 Å². The number of amides is 1. The van der Waals surface area contributed by atoms with E-state index in [0.717, 1.165) is 11.3 Å². The number of hydrogen-bond acceptors (Lipinski definition) is 6. The zero-order chi connectivity index (χ0) is 17.4. The molecular formula is C17H17N3O4S. The number of nitrogens with zero attached hydrogens (tertiary/aromatic N) is 2. The van der Waals surface area contributed by atoms with Gasteiger partial charge in [0.2, 0.25) is 12.7 Å². The van der Waals surface area contributed by atoms with Gasteiger partial charge >= 0.3 is 0 Å². The summed E-state index contributed by atoms with van der Waals surface area (Å²) >= 11 is 1.44. The molecule has 0 radical (unpaired) electrons. The molecule has 0 fully saturated rings. The number of nitrogens with one attached hydrogen (secondary N) is 1. The van der Waals surface area contributed by atoms with Crippen molar-refractivity contribution in [2.24, 2.45) is 5.92 Å². The van der Waals surface area contributed by atoms with Crippen LogP contribution in [0.1, 0.15) is 11.1 Å². The number of hydrogen-bond donors (Lipinski definition) is 1. The summed E-state index contributed by atoms with van der Waals surface area (Å²) in [4.78, 5) is 29.0. The minimum atomic E-state index is -0.257. The Balaban J connectivity index is 1.42. The first-order valence-electron chi connectivity index (χ1n) is 7.97.